The highest BCUT2D eigenvalue weighted by Crippen LogP contribution is 2.75. The van der Waals surface area contributed by atoms with Gasteiger partial charge in [-0.3, -0.25) is 33.6 Å². The molecule has 6 rings (SSSR count). The molecule has 0 aromatic heterocycles. The van der Waals surface area contributed by atoms with Gasteiger partial charge in [0.15, 0.2) is 24.5 Å². The Morgan fingerprint density at radius 3 is 1.98 bits per heavy atom. The van der Waals surface area contributed by atoms with Crippen LogP contribution in [0.15, 0.2) is 11.6 Å². The molecule has 1 amide bonds. The highest BCUT2D eigenvalue weighted by atomic mass is 16.7. The van der Waals surface area contributed by atoms with Crippen LogP contribution in [0.4, 0.5) is 0 Å². The van der Waals surface area contributed by atoms with Crippen LogP contribution < -0.4 is 5.32 Å². The maximum Gasteiger partial charge on any atom is 0.303 e. The van der Waals surface area contributed by atoms with Crippen molar-refractivity contribution in [2.75, 3.05) is 6.61 Å². The Kier molecular flexibility index (Phi) is 11.0. The molecule has 0 aromatic carbocycles. The molecular formula is C44H63NO12. The second kappa shape index (κ2) is 14.6. The first-order valence-electron chi connectivity index (χ1n) is 20.7. The lowest BCUT2D eigenvalue weighted by molar-refractivity contribution is -0.257. The molecule has 13 heteroatoms. The Balaban J connectivity index is 1.41. The first-order chi connectivity index (χ1) is 26.3. The summed E-state index contributed by atoms with van der Waals surface area (Å²) in [5.41, 5.74) is -1.84. The molecule has 1 saturated heterocycles. The molecule has 12 atom stereocenters. The van der Waals surface area contributed by atoms with Gasteiger partial charge in [0.25, 0.3) is 0 Å². The molecule has 4 saturated carbocycles. The first kappa shape index (κ1) is 43.0. The number of ketones is 2. The number of carbonyl (C=O) groups excluding carboxylic acids is 7. The van der Waals surface area contributed by atoms with Crippen molar-refractivity contribution < 1.29 is 57.2 Å². The van der Waals surface area contributed by atoms with Crippen LogP contribution >= 0.6 is 0 Å². The highest BCUT2D eigenvalue weighted by Gasteiger charge is 2.71. The zero-order valence-electron chi connectivity index (χ0n) is 35.7. The zero-order chi connectivity index (χ0) is 42.3. The molecule has 0 bridgehead atoms. The lowest BCUT2D eigenvalue weighted by atomic mass is 9.33. The predicted molar refractivity (Wildman–Crippen MR) is 205 cm³/mol. The van der Waals surface area contributed by atoms with E-state index in [0.29, 0.717) is 25.0 Å². The molecule has 0 radical (unpaired) electrons. The average Bonchev–Trinajstić information content (AvgIpc) is 3.08. The molecule has 1 heterocycles. The molecule has 6 aliphatic rings. The number of hydrogen-bond acceptors (Lipinski definition) is 12. The van der Waals surface area contributed by atoms with Crippen molar-refractivity contribution in [3.63, 3.8) is 0 Å². The number of rotatable bonds is 7. The summed E-state index contributed by atoms with van der Waals surface area (Å²) in [7, 11) is 0. The van der Waals surface area contributed by atoms with E-state index in [1.165, 1.54) is 6.92 Å². The third-order valence-electron chi connectivity index (χ3n) is 15.9. The van der Waals surface area contributed by atoms with Crippen LogP contribution in [0.25, 0.3) is 0 Å². The smallest absolute Gasteiger partial charge is 0.303 e. The number of carbonyl (C=O) groups is 7. The van der Waals surface area contributed by atoms with Gasteiger partial charge in [0.1, 0.15) is 29.7 Å². The third-order valence-corrected chi connectivity index (χ3v) is 15.9. The fraction of sp³-hybridized carbons (Fsp3) is 0.795. The first-order valence-corrected chi connectivity index (χ1v) is 20.7. The van der Waals surface area contributed by atoms with Gasteiger partial charge in [0, 0.05) is 57.3 Å². The lowest BCUT2D eigenvalue weighted by Crippen LogP contribution is -2.70. The second-order valence-corrected chi connectivity index (χ2v) is 20.0. The number of esters is 4. The van der Waals surface area contributed by atoms with Gasteiger partial charge >= 0.3 is 23.9 Å². The van der Waals surface area contributed by atoms with Gasteiger partial charge < -0.3 is 29.0 Å². The molecule has 5 fully saturated rings. The van der Waals surface area contributed by atoms with E-state index in [1.807, 2.05) is 0 Å². The van der Waals surface area contributed by atoms with Crippen LogP contribution in [0.3, 0.4) is 0 Å². The highest BCUT2D eigenvalue weighted by molar-refractivity contribution is 6.08. The standard InChI is InChI=1S/C44H63NO12/c1-23(46)53-22-29-34(54-24(2)47)35(55-25(3)48)36(56-26(4)49)37(57-29)45-38(52)44-19-18-39(5,6)20-28(44)27-12-13-31-41(9)16-15-32(50)40(7,8)30(41)14-17-42(31,10)43(27,11)21-33(44)51/h12,28-31,34-37H,13-22H2,1-11H3,(H,45,52)/t28-,29-,30?,31+,34+,35+,36-,37-,41-,42+,43+,44+/m0/s1. The van der Waals surface area contributed by atoms with Gasteiger partial charge in [0.2, 0.25) is 5.91 Å². The molecule has 0 spiro atoms. The summed E-state index contributed by atoms with van der Waals surface area (Å²) in [6.45, 7) is 19.7. The Morgan fingerprint density at radius 2 is 1.37 bits per heavy atom. The zero-order valence-corrected chi connectivity index (χ0v) is 35.7. The van der Waals surface area contributed by atoms with Crippen molar-refractivity contribution >= 4 is 41.4 Å². The molecule has 0 aromatic rings. The van der Waals surface area contributed by atoms with E-state index in [0.717, 1.165) is 52.0 Å². The Labute approximate surface area is 336 Å². The van der Waals surface area contributed by atoms with Crippen molar-refractivity contribution in [1.29, 1.82) is 0 Å². The number of nitrogens with one attached hydrogen (secondary N) is 1. The molecule has 13 nitrogen and oxygen atoms in total. The minimum absolute atomic E-state index is 0.0919. The Morgan fingerprint density at radius 1 is 0.754 bits per heavy atom. The summed E-state index contributed by atoms with van der Waals surface area (Å²) < 4.78 is 28.3. The van der Waals surface area contributed by atoms with Crippen molar-refractivity contribution in [2.24, 2.45) is 50.2 Å². The topological polar surface area (TPSA) is 178 Å². The minimum atomic E-state index is -1.50. The van der Waals surface area contributed by atoms with E-state index in [9.17, 15) is 24.0 Å². The summed E-state index contributed by atoms with van der Waals surface area (Å²) in [5.74, 6) is -3.37. The molecule has 1 N–H and O–H groups in total. The second-order valence-electron chi connectivity index (χ2n) is 20.0. The van der Waals surface area contributed by atoms with E-state index in [1.54, 1.807) is 0 Å². The van der Waals surface area contributed by atoms with Gasteiger partial charge in [-0.2, -0.15) is 0 Å². The third kappa shape index (κ3) is 6.95. The van der Waals surface area contributed by atoms with Crippen LogP contribution in [0.5, 0.6) is 0 Å². The molecular weight excluding hydrogens is 734 g/mol. The molecule has 1 unspecified atom stereocenters. The minimum Gasteiger partial charge on any atom is -0.463 e. The summed E-state index contributed by atoms with van der Waals surface area (Å²) in [5, 5.41) is 2.93. The molecule has 57 heavy (non-hydrogen) atoms. The lowest BCUT2D eigenvalue weighted by Gasteiger charge is -2.70. The molecule has 1 aliphatic heterocycles. The number of fused-ring (bicyclic) bond motifs is 7. The van der Waals surface area contributed by atoms with Crippen LogP contribution in [0, 0.1) is 50.2 Å². The number of hydrogen-bond donors (Lipinski definition) is 1. The number of ether oxygens (including phenoxy) is 5. The molecule has 316 valence electrons. The largest absolute Gasteiger partial charge is 0.463 e. The quantitative estimate of drug-likeness (QED) is 0.143. The van der Waals surface area contributed by atoms with Gasteiger partial charge in [-0.25, -0.2) is 0 Å². The van der Waals surface area contributed by atoms with Crippen LogP contribution in [-0.4, -0.2) is 78.6 Å². The van der Waals surface area contributed by atoms with Gasteiger partial charge in [-0.15, -0.1) is 0 Å². The Hall–Kier alpha value is -3.61. The number of Topliss-reactive ketones (excluding diaryl/α,β-unsaturated/α-hetero) is 2. The maximum atomic E-state index is 15.3. The average molecular weight is 798 g/mol. The van der Waals surface area contributed by atoms with Crippen molar-refractivity contribution in [2.45, 2.75) is 165 Å². The van der Waals surface area contributed by atoms with Crippen LogP contribution in [0.2, 0.25) is 0 Å². The van der Waals surface area contributed by atoms with Crippen molar-refractivity contribution in [3.8, 4) is 0 Å². The SMILES string of the molecule is CC(=O)OC[C@@H]1O[C@H](NC(=O)[C@]23CCC(C)(C)C[C@H]2C2=CC[C@@H]4[C@@]5(C)CCC(=O)C(C)(C)C5CC[C@@]4(C)[C@]2(C)CC3=O)[C@@H](OC(C)=O)[C@H](OC(C)=O)[C@@H]1OC(C)=O. The van der Waals surface area contributed by atoms with Crippen LogP contribution in [0.1, 0.15) is 134 Å². The van der Waals surface area contributed by atoms with Gasteiger partial charge in [-0.1, -0.05) is 60.1 Å². The summed E-state index contributed by atoms with van der Waals surface area (Å²) >= 11 is 0. The van der Waals surface area contributed by atoms with E-state index < -0.39 is 89.2 Å². The van der Waals surface area contributed by atoms with Crippen molar-refractivity contribution in [1.82, 2.24) is 5.32 Å². The normalized spacial score (nSPS) is 41.7. The van der Waals surface area contributed by atoms with E-state index in [-0.39, 0.29) is 46.7 Å². The summed E-state index contributed by atoms with van der Waals surface area (Å²) in [4.78, 5) is 93.0. The van der Waals surface area contributed by atoms with E-state index in [4.69, 9.17) is 23.7 Å². The van der Waals surface area contributed by atoms with E-state index >= 15 is 9.59 Å². The maximum absolute atomic E-state index is 15.3. The number of allylic oxidation sites excluding steroid dienone is 2. The summed E-state index contributed by atoms with van der Waals surface area (Å²) in [6, 6.07) is 0. The number of amides is 1. The fourth-order valence-corrected chi connectivity index (χ4v) is 12.9. The van der Waals surface area contributed by atoms with Crippen molar-refractivity contribution in [3.05, 3.63) is 11.6 Å². The van der Waals surface area contributed by atoms with Crippen LogP contribution in [-0.2, 0) is 57.2 Å². The Bertz CT molecular complexity index is 1770. The van der Waals surface area contributed by atoms with Gasteiger partial charge in [0.05, 0.1) is 0 Å². The predicted octanol–water partition coefficient (Wildman–Crippen LogP) is 5.74. The fourth-order valence-electron chi connectivity index (χ4n) is 12.9. The van der Waals surface area contributed by atoms with Gasteiger partial charge in [-0.05, 0) is 73.0 Å². The van der Waals surface area contributed by atoms with E-state index in [2.05, 4.69) is 59.9 Å². The summed E-state index contributed by atoms with van der Waals surface area (Å²) in [6.07, 6.45) is 0.828. The monoisotopic (exact) mass is 797 g/mol. The molecule has 5 aliphatic carbocycles.